The van der Waals surface area contributed by atoms with E-state index in [9.17, 15) is 8.42 Å². The summed E-state index contributed by atoms with van der Waals surface area (Å²) in [6.45, 7) is 4.80. The maximum atomic E-state index is 12.8. The highest BCUT2D eigenvalue weighted by molar-refractivity contribution is 9.10. The van der Waals surface area contributed by atoms with Gasteiger partial charge in [0, 0.05) is 29.6 Å². The number of hydrogen-bond acceptors (Lipinski definition) is 3. The molecule has 1 aliphatic rings. The maximum absolute atomic E-state index is 12.8. The van der Waals surface area contributed by atoms with Crippen molar-refractivity contribution in [3.05, 3.63) is 26.7 Å². The largest absolute Gasteiger partial charge is 0.311 e. The summed E-state index contributed by atoms with van der Waals surface area (Å²) in [5, 5.41) is 3.50. The van der Waals surface area contributed by atoms with Gasteiger partial charge < -0.3 is 5.32 Å². The topological polar surface area (TPSA) is 49.4 Å². The molecule has 8 heteroatoms. The van der Waals surface area contributed by atoms with E-state index in [0.717, 1.165) is 0 Å². The van der Waals surface area contributed by atoms with Gasteiger partial charge in [-0.1, -0.05) is 39.1 Å². The number of nitrogens with one attached hydrogen (secondary N) is 1. The molecule has 112 valence electrons. The number of halogens is 3. The summed E-state index contributed by atoms with van der Waals surface area (Å²) in [7, 11) is -3.71. The van der Waals surface area contributed by atoms with Crippen molar-refractivity contribution >= 4 is 49.2 Å². The Bertz CT molecular complexity index is 601. The maximum Gasteiger partial charge on any atom is 0.246 e. The second-order valence-electron chi connectivity index (χ2n) is 4.93. The van der Waals surface area contributed by atoms with Crippen molar-refractivity contribution in [3.63, 3.8) is 0 Å². The van der Waals surface area contributed by atoms with Crippen molar-refractivity contribution in [2.24, 2.45) is 0 Å². The van der Waals surface area contributed by atoms with Crippen LogP contribution >= 0.6 is 39.1 Å². The minimum absolute atomic E-state index is 0.0232. The highest BCUT2D eigenvalue weighted by Gasteiger charge is 2.36. The molecule has 20 heavy (non-hydrogen) atoms. The van der Waals surface area contributed by atoms with E-state index in [-0.39, 0.29) is 27.0 Å². The molecule has 0 amide bonds. The molecule has 0 aliphatic carbocycles. The Kier molecular flexibility index (Phi) is 5.04. The molecule has 2 unspecified atom stereocenters. The Hall–Kier alpha value is 0.150. The van der Waals surface area contributed by atoms with E-state index in [2.05, 4.69) is 21.2 Å². The summed E-state index contributed by atoms with van der Waals surface area (Å²) in [4.78, 5) is -0.0232. The molecular formula is C12H15BrCl2N2O2S. The number of hydrogen-bond donors (Lipinski definition) is 1. The van der Waals surface area contributed by atoms with Crippen LogP contribution in [0.1, 0.15) is 13.8 Å². The van der Waals surface area contributed by atoms with Crippen molar-refractivity contribution in [2.45, 2.75) is 30.8 Å². The standard InChI is InChI=1S/C12H15BrCl2N2O2S/c1-7-6-17(8(2)5-16-7)20(18,19)12-10(14)3-9(13)4-11(12)15/h3-4,7-8,16H,5-6H2,1-2H3. The van der Waals surface area contributed by atoms with E-state index in [4.69, 9.17) is 23.2 Å². The van der Waals surface area contributed by atoms with Crippen LogP contribution < -0.4 is 5.32 Å². The first kappa shape index (κ1) is 16.5. The Balaban J connectivity index is 2.50. The van der Waals surface area contributed by atoms with Gasteiger partial charge in [-0.15, -0.1) is 0 Å². The molecule has 1 fully saturated rings. The first-order valence-corrected chi connectivity index (χ1v) is 9.12. The van der Waals surface area contributed by atoms with Crippen molar-refractivity contribution in [1.29, 1.82) is 0 Å². The number of nitrogens with zero attached hydrogens (tertiary/aromatic N) is 1. The predicted octanol–water partition coefficient (Wildman–Crippen LogP) is 3.13. The van der Waals surface area contributed by atoms with Crippen LogP contribution in [0.5, 0.6) is 0 Å². The van der Waals surface area contributed by atoms with Gasteiger partial charge in [-0.2, -0.15) is 4.31 Å². The lowest BCUT2D eigenvalue weighted by Gasteiger charge is -2.36. The molecule has 1 N–H and O–H groups in total. The molecule has 2 atom stereocenters. The number of piperazine rings is 1. The summed E-state index contributed by atoms with van der Waals surface area (Å²) in [5.41, 5.74) is 0. The smallest absolute Gasteiger partial charge is 0.246 e. The number of benzene rings is 1. The van der Waals surface area contributed by atoms with Crippen molar-refractivity contribution in [1.82, 2.24) is 9.62 Å². The van der Waals surface area contributed by atoms with Crippen LogP contribution in [0.2, 0.25) is 10.0 Å². The minimum atomic E-state index is -3.71. The molecule has 0 radical (unpaired) electrons. The van der Waals surface area contributed by atoms with Crippen molar-refractivity contribution in [2.75, 3.05) is 13.1 Å². The lowest BCUT2D eigenvalue weighted by molar-refractivity contribution is 0.244. The summed E-state index contributed by atoms with van der Waals surface area (Å²) in [6, 6.07) is 3.02. The third-order valence-corrected chi connectivity index (χ3v) is 6.60. The van der Waals surface area contributed by atoms with Crippen LogP contribution in [0.4, 0.5) is 0 Å². The minimum Gasteiger partial charge on any atom is -0.311 e. The van der Waals surface area contributed by atoms with Gasteiger partial charge in [-0.3, -0.25) is 0 Å². The van der Waals surface area contributed by atoms with Gasteiger partial charge in [-0.05, 0) is 26.0 Å². The molecule has 0 aromatic heterocycles. The van der Waals surface area contributed by atoms with Gasteiger partial charge in [0.2, 0.25) is 10.0 Å². The van der Waals surface area contributed by atoms with Gasteiger partial charge in [0.1, 0.15) is 4.90 Å². The zero-order valence-electron chi connectivity index (χ0n) is 11.0. The first-order valence-electron chi connectivity index (χ1n) is 6.13. The lowest BCUT2D eigenvalue weighted by atomic mass is 10.2. The highest BCUT2D eigenvalue weighted by atomic mass is 79.9. The SMILES string of the molecule is CC1CN(S(=O)(=O)c2c(Cl)cc(Br)cc2Cl)C(C)CN1. The van der Waals surface area contributed by atoms with E-state index in [1.807, 2.05) is 13.8 Å². The Labute approximate surface area is 137 Å². The molecule has 0 bridgehead atoms. The van der Waals surface area contributed by atoms with Crippen LogP contribution in [0.3, 0.4) is 0 Å². The summed E-state index contributed by atoms with van der Waals surface area (Å²) < 4.78 is 27.7. The van der Waals surface area contributed by atoms with Gasteiger partial charge in [0.15, 0.2) is 0 Å². The molecule has 4 nitrogen and oxygen atoms in total. The molecule has 1 aromatic carbocycles. The van der Waals surface area contributed by atoms with E-state index in [1.54, 1.807) is 0 Å². The normalized spacial score (nSPS) is 24.9. The molecule has 1 heterocycles. The third-order valence-electron chi connectivity index (χ3n) is 3.24. The van der Waals surface area contributed by atoms with Crippen LogP contribution in [0.15, 0.2) is 21.5 Å². The monoisotopic (exact) mass is 400 g/mol. The Morgan fingerprint density at radius 3 is 2.40 bits per heavy atom. The van der Waals surface area contributed by atoms with Gasteiger partial charge in [-0.25, -0.2) is 8.42 Å². The van der Waals surface area contributed by atoms with Crippen molar-refractivity contribution < 1.29 is 8.42 Å². The second-order valence-corrected chi connectivity index (χ2v) is 8.49. The van der Waals surface area contributed by atoms with Crippen LogP contribution in [-0.2, 0) is 10.0 Å². The third kappa shape index (κ3) is 3.15. The average molecular weight is 402 g/mol. The zero-order valence-corrected chi connectivity index (χ0v) is 14.9. The Morgan fingerprint density at radius 1 is 1.30 bits per heavy atom. The van der Waals surface area contributed by atoms with Crippen LogP contribution in [-0.4, -0.2) is 37.9 Å². The predicted molar refractivity (Wildman–Crippen MR) is 85.0 cm³/mol. The Morgan fingerprint density at radius 2 is 1.85 bits per heavy atom. The highest BCUT2D eigenvalue weighted by Crippen LogP contribution is 2.35. The summed E-state index contributed by atoms with van der Waals surface area (Å²) in [6.07, 6.45) is 0. The average Bonchev–Trinajstić information content (AvgIpc) is 2.30. The first-order chi connectivity index (χ1) is 9.23. The number of rotatable bonds is 2. The fourth-order valence-electron chi connectivity index (χ4n) is 2.22. The van der Waals surface area contributed by atoms with Crippen LogP contribution in [0, 0.1) is 0 Å². The van der Waals surface area contributed by atoms with E-state index < -0.39 is 10.0 Å². The quantitative estimate of drug-likeness (QED) is 0.828. The van der Waals surface area contributed by atoms with E-state index in [1.165, 1.54) is 16.4 Å². The lowest BCUT2D eigenvalue weighted by Crippen LogP contribution is -2.56. The van der Waals surface area contributed by atoms with Gasteiger partial charge >= 0.3 is 0 Å². The van der Waals surface area contributed by atoms with Crippen molar-refractivity contribution in [3.8, 4) is 0 Å². The van der Waals surface area contributed by atoms with Gasteiger partial charge in [0.25, 0.3) is 0 Å². The molecule has 1 saturated heterocycles. The summed E-state index contributed by atoms with van der Waals surface area (Å²) >= 11 is 15.4. The summed E-state index contributed by atoms with van der Waals surface area (Å²) in [5.74, 6) is 0. The fourth-order valence-corrected chi connectivity index (χ4v) is 5.82. The molecule has 1 aromatic rings. The van der Waals surface area contributed by atoms with Gasteiger partial charge in [0.05, 0.1) is 10.0 Å². The molecule has 0 saturated carbocycles. The van der Waals surface area contributed by atoms with Crippen LogP contribution in [0.25, 0.3) is 0 Å². The second kappa shape index (κ2) is 6.10. The molecule has 2 rings (SSSR count). The zero-order chi connectivity index (χ0) is 15.1. The molecule has 1 aliphatic heterocycles. The molecular weight excluding hydrogens is 387 g/mol. The fraction of sp³-hybridized carbons (Fsp3) is 0.500. The molecule has 0 spiro atoms. The van der Waals surface area contributed by atoms with E-state index in [0.29, 0.717) is 17.6 Å². The van der Waals surface area contributed by atoms with E-state index >= 15 is 0 Å². The number of sulfonamides is 1.